The van der Waals surface area contributed by atoms with Gasteiger partial charge in [0.25, 0.3) is 0 Å². The molecule has 53 heavy (non-hydrogen) atoms. The predicted octanol–water partition coefficient (Wildman–Crippen LogP) is 5.60. The van der Waals surface area contributed by atoms with Gasteiger partial charge in [0.2, 0.25) is 17.7 Å². The number of benzene rings is 2. The van der Waals surface area contributed by atoms with Crippen LogP contribution in [0.3, 0.4) is 0 Å². The Balaban J connectivity index is 0.977. The van der Waals surface area contributed by atoms with Crippen LogP contribution in [0.1, 0.15) is 32.0 Å². The fourth-order valence-electron chi connectivity index (χ4n) is 8.34. The fraction of sp³-hybridized carbons (Fsp3) is 0.385. The Bertz CT molecular complexity index is 2300. The third kappa shape index (κ3) is 5.92. The highest BCUT2D eigenvalue weighted by Gasteiger charge is 2.52. The normalized spacial score (nSPS) is 19.4. The van der Waals surface area contributed by atoms with Gasteiger partial charge in [-0.2, -0.15) is 0 Å². The zero-order valence-electron chi connectivity index (χ0n) is 29.9. The summed E-state index contributed by atoms with van der Waals surface area (Å²) in [5, 5.41) is 1.02. The summed E-state index contributed by atoms with van der Waals surface area (Å²) in [4.78, 5) is 51.7. The molecule has 4 aliphatic heterocycles. The summed E-state index contributed by atoms with van der Waals surface area (Å²) in [5.41, 5.74) is 8.11. The number of amides is 2. The largest absolute Gasteiger partial charge is 0.455 e. The number of fused-ring (bicyclic) bond motifs is 3. The number of nitrogens with zero attached hydrogens (tertiary/aromatic N) is 9. The molecule has 0 saturated carbocycles. The second-order valence-corrected chi connectivity index (χ2v) is 15.5. The lowest BCUT2D eigenvalue weighted by Crippen LogP contribution is -2.72. The van der Waals surface area contributed by atoms with Crippen LogP contribution in [-0.2, 0) is 29.2 Å². The van der Waals surface area contributed by atoms with Crippen LogP contribution in [0, 0.1) is 5.41 Å². The van der Waals surface area contributed by atoms with E-state index in [4.69, 9.17) is 47.9 Å². The maximum absolute atomic E-state index is 12.0. The number of aryl methyl sites for hydroxylation is 1. The van der Waals surface area contributed by atoms with Gasteiger partial charge < -0.3 is 19.1 Å². The van der Waals surface area contributed by atoms with Crippen molar-refractivity contribution in [3.63, 3.8) is 0 Å². The highest BCUT2D eigenvalue weighted by atomic mass is 35.5. The van der Waals surface area contributed by atoms with E-state index in [-0.39, 0.29) is 23.5 Å². The molecule has 0 radical (unpaired) electrons. The molecule has 3 fully saturated rings. The molecule has 9 rings (SSSR count). The predicted molar refractivity (Wildman–Crippen MR) is 202 cm³/mol. The molecule has 0 aliphatic carbocycles. The molecule has 0 N–H and O–H groups in total. The van der Waals surface area contributed by atoms with Crippen molar-refractivity contribution in [1.29, 1.82) is 0 Å². The van der Waals surface area contributed by atoms with E-state index in [0.29, 0.717) is 52.5 Å². The van der Waals surface area contributed by atoms with Gasteiger partial charge in [-0.1, -0.05) is 59.6 Å². The Morgan fingerprint density at radius 2 is 1.49 bits per heavy atom. The Hall–Kier alpha value is -4.62. The van der Waals surface area contributed by atoms with E-state index in [1.165, 1.54) is 0 Å². The third-order valence-electron chi connectivity index (χ3n) is 11.1. The fourth-order valence-corrected chi connectivity index (χ4v) is 8.99. The van der Waals surface area contributed by atoms with Crippen LogP contribution in [0.5, 0.6) is 5.88 Å². The summed E-state index contributed by atoms with van der Waals surface area (Å²) in [6.07, 6.45) is 5.42. The number of aromatic nitrogens is 5. The first kappa shape index (κ1) is 34.2. The summed E-state index contributed by atoms with van der Waals surface area (Å²) < 4.78 is 8.43. The number of hydrogen-bond acceptors (Lipinski definition) is 9. The number of carbonyl (C=O) groups excluding carboxylic acids is 2. The average molecular weight is 753 g/mol. The zero-order chi connectivity index (χ0) is 36.6. The zero-order valence-corrected chi connectivity index (χ0v) is 31.4. The van der Waals surface area contributed by atoms with E-state index in [1.807, 2.05) is 41.3 Å². The van der Waals surface area contributed by atoms with E-state index >= 15 is 0 Å². The van der Waals surface area contributed by atoms with Gasteiger partial charge in [-0.15, -0.1) is 0 Å². The molecule has 1 atom stereocenters. The Kier molecular flexibility index (Phi) is 8.41. The van der Waals surface area contributed by atoms with Gasteiger partial charge in [-0.05, 0) is 6.92 Å². The summed E-state index contributed by atoms with van der Waals surface area (Å²) in [6, 6.07) is 11.6. The van der Waals surface area contributed by atoms with Crippen LogP contribution >= 0.6 is 23.2 Å². The molecule has 272 valence electrons. The Morgan fingerprint density at radius 3 is 2.15 bits per heavy atom. The van der Waals surface area contributed by atoms with Crippen molar-refractivity contribution in [3.8, 4) is 39.5 Å². The molecule has 2 aromatic carbocycles. The van der Waals surface area contributed by atoms with Gasteiger partial charge in [0.1, 0.15) is 11.2 Å². The maximum Gasteiger partial charge on any atom is 0.239 e. The van der Waals surface area contributed by atoms with Gasteiger partial charge in [-0.25, -0.2) is 9.97 Å². The number of halogens is 2. The molecule has 3 saturated heterocycles. The highest BCUT2D eigenvalue weighted by Crippen LogP contribution is 2.43. The summed E-state index contributed by atoms with van der Waals surface area (Å²) >= 11 is 14.4. The van der Waals surface area contributed by atoms with Gasteiger partial charge >= 0.3 is 0 Å². The van der Waals surface area contributed by atoms with Crippen LogP contribution in [0.15, 0.2) is 55.0 Å². The first-order chi connectivity index (χ1) is 25.6. The van der Waals surface area contributed by atoms with Crippen molar-refractivity contribution in [2.75, 3.05) is 45.8 Å². The van der Waals surface area contributed by atoms with Crippen molar-refractivity contribution >= 4 is 46.2 Å². The van der Waals surface area contributed by atoms with Crippen LogP contribution in [-0.4, -0.2) is 108 Å². The van der Waals surface area contributed by atoms with Crippen molar-refractivity contribution in [3.05, 3.63) is 76.3 Å². The monoisotopic (exact) mass is 751 g/mol. The lowest BCUT2D eigenvalue weighted by molar-refractivity contribution is -0.157. The molecule has 2 amide bonds. The molecule has 12 nitrogen and oxygen atoms in total. The minimum Gasteiger partial charge on any atom is -0.455 e. The van der Waals surface area contributed by atoms with E-state index in [0.717, 1.165) is 84.9 Å². The van der Waals surface area contributed by atoms with Gasteiger partial charge in [0.15, 0.2) is 11.9 Å². The van der Waals surface area contributed by atoms with Gasteiger partial charge in [0, 0.05) is 112 Å². The van der Waals surface area contributed by atoms with Crippen molar-refractivity contribution in [1.82, 2.24) is 44.1 Å². The molecule has 14 heteroatoms. The summed E-state index contributed by atoms with van der Waals surface area (Å²) in [5.74, 6) is 0.648. The molecule has 1 spiro atoms. The third-order valence-corrected chi connectivity index (χ3v) is 11.9. The second-order valence-electron chi connectivity index (χ2n) is 14.7. The molecule has 5 aromatic rings. The van der Waals surface area contributed by atoms with E-state index in [1.54, 1.807) is 31.1 Å². The molecule has 4 aliphatic rings. The van der Waals surface area contributed by atoms with Crippen molar-refractivity contribution in [2.45, 2.75) is 46.6 Å². The number of rotatable bonds is 6. The second kappa shape index (κ2) is 13.0. The van der Waals surface area contributed by atoms with Gasteiger partial charge in [0.05, 0.1) is 40.4 Å². The van der Waals surface area contributed by atoms with Gasteiger partial charge in [-0.3, -0.25) is 29.4 Å². The highest BCUT2D eigenvalue weighted by molar-refractivity contribution is 6.39. The topological polar surface area (TPSA) is 113 Å². The minimum atomic E-state index is -0.275. The first-order valence-electron chi connectivity index (χ1n) is 18.0. The quantitative estimate of drug-likeness (QED) is 0.219. The van der Waals surface area contributed by atoms with Crippen LogP contribution in [0.25, 0.3) is 44.8 Å². The van der Waals surface area contributed by atoms with E-state index in [2.05, 4.69) is 27.5 Å². The number of piperazine rings is 1. The molecular weight excluding hydrogens is 713 g/mol. The lowest BCUT2D eigenvalue weighted by atomic mass is 9.72. The number of likely N-dealkylation sites (tertiary alicyclic amines) is 2. The van der Waals surface area contributed by atoms with E-state index < -0.39 is 0 Å². The smallest absolute Gasteiger partial charge is 0.239 e. The number of ether oxygens (including phenoxy) is 1. The van der Waals surface area contributed by atoms with Crippen LogP contribution < -0.4 is 4.74 Å². The Labute approximate surface area is 317 Å². The molecule has 7 heterocycles. The summed E-state index contributed by atoms with van der Waals surface area (Å²) in [7, 11) is 0. The van der Waals surface area contributed by atoms with Crippen LogP contribution in [0.4, 0.5) is 0 Å². The van der Waals surface area contributed by atoms with Crippen molar-refractivity contribution in [2.24, 2.45) is 5.41 Å². The van der Waals surface area contributed by atoms with Crippen molar-refractivity contribution < 1.29 is 14.3 Å². The average Bonchev–Trinajstić information content (AvgIpc) is 3.47. The maximum atomic E-state index is 12.0. The lowest BCUT2D eigenvalue weighted by Gasteiger charge is -2.60. The molecule has 1 unspecified atom stereocenters. The SMILES string of the molecule is CCn1cc(CN2CC3(C2)CN(C(C)=O)C3)c2ncc(-c3cccc(-c4cccc(-c5cnc6c(n5)OC5CN(C(C)=O)CCN5C6)c4Cl)c3Cl)nc21. The first-order valence-corrected chi connectivity index (χ1v) is 18.8. The molecular formula is C39H39Cl2N9O3. The Morgan fingerprint density at radius 1 is 0.849 bits per heavy atom. The minimum absolute atomic E-state index is 0.0345. The van der Waals surface area contributed by atoms with E-state index in [9.17, 15) is 9.59 Å². The number of hydrogen-bond donors (Lipinski definition) is 0. The standard InChI is InChI=1S/C39H39Cl2N9O3/c1-4-47-16-25(15-46-19-39(20-46)21-50(22-39)24(3)52)36-37(47)44-30(14-43-36)28-9-5-7-26(34(28)40)27-8-6-10-29(35(27)41)31-13-42-32-17-49-12-11-48(23(2)51)18-33(49)53-38(32)45-31/h5-10,13-14,16,33H,4,11-12,15,17-22H2,1-3H3. The summed E-state index contributed by atoms with van der Waals surface area (Å²) in [6.45, 7) is 13.0. The molecule has 3 aromatic heterocycles. The van der Waals surface area contributed by atoms with Crippen LogP contribution in [0.2, 0.25) is 10.0 Å². The number of carbonyl (C=O) groups is 2. The molecule has 0 bridgehead atoms.